The lowest BCUT2D eigenvalue weighted by molar-refractivity contribution is 0.0413. The number of nitrogens with zero attached hydrogens (tertiary/aromatic N) is 2. The maximum atomic E-state index is 11.5. The Balaban J connectivity index is 2.41. The van der Waals surface area contributed by atoms with Crippen molar-refractivity contribution in [2.24, 2.45) is 5.41 Å². The lowest BCUT2D eigenvalue weighted by Gasteiger charge is -2.47. The predicted octanol–water partition coefficient (Wildman–Crippen LogP) is 3.45. The summed E-state index contributed by atoms with van der Waals surface area (Å²) in [4.78, 5) is 23.8. The van der Waals surface area contributed by atoms with Gasteiger partial charge < -0.3 is 10.0 Å². The van der Waals surface area contributed by atoms with E-state index in [2.05, 4.69) is 6.07 Å². The normalized spacial score (nSPS) is 24.8. The van der Waals surface area contributed by atoms with Gasteiger partial charge in [0.05, 0.1) is 11.5 Å². The van der Waals surface area contributed by atoms with Gasteiger partial charge in [-0.1, -0.05) is 45.0 Å². The van der Waals surface area contributed by atoms with Gasteiger partial charge in [-0.3, -0.25) is 4.79 Å². The van der Waals surface area contributed by atoms with Crippen LogP contribution in [0.3, 0.4) is 0 Å². The Labute approximate surface area is 136 Å². The zero-order chi connectivity index (χ0) is 17.3. The third-order valence-electron chi connectivity index (χ3n) is 4.76. The van der Waals surface area contributed by atoms with Crippen molar-refractivity contribution < 1.29 is 14.7 Å². The largest absolute Gasteiger partial charge is 0.465 e. The standard InChI is InChI=1S/C18H22N2O3/c1-17(2,3)15-10-18(12-19,8-9-20(15)16(22)23)14-6-4-13(11-21)5-7-14/h4-7,11,15H,8-10H2,1-3H3,(H,22,23). The van der Waals surface area contributed by atoms with Crippen LogP contribution in [0, 0.1) is 16.7 Å². The van der Waals surface area contributed by atoms with E-state index in [0.29, 0.717) is 24.9 Å². The fourth-order valence-electron chi connectivity index (χ4n) is 3.32. The molecule has 1 heterocycles. The minimum absolute atomic E-state index is 0.237. The van der Waals surface area contributed by atoms with Crippen molar-refractivity contribution in [3.8, 4) is 6.07 Å². The van der Waals surface area contributed by atoms with Crippen LogP contribution >= 0.6 is 0 Å². The van der Waals surface area contributed by atoms with Crippen LogP contribution in [0.1, 0.15) is 49.5 Å². The smallest absolute Gasteiger partial charge is 0.407 e. The molecule has 2 unspecified atom stereocenters. The van der Waals surface area contributed by atoms with Crippen molar-refractivity contribution >= 4 is 12.4 Å². The number of piperidine rings is 1. The Morgan fingerprint density at radius 1 is 1.39 bits per heavy atom. The van der Waals surface area contributed by atoms with Crippen molar-refractivity contribution in [1.82, 2.24) is 4.90 Å². The van der Waals surface area contributed by atoms with Gasteiger partial charge in [-0.15, -0.1) is 0 Å². The van der Waals surface area contributed by atoms with Gasteiger partial charge in [0.2, 0.25) is 0 Å². The second-order valence-corrected chi connectivity index (χ2v) is 7.25. The molecule has 1 saturated heterocycles. The number of aldehydes is 1. The summed E-state index contributed by atoms with van der Waals surface area (Å²) < 4.78 is 0. The molecule has 0 spiro atoms. The minimum Gasteiger partial charge on any atom is -0.465 e. The first-order chi connectivity index (χ1) is 10.7. The summed E-state index contributed by atoms with van der Waals surface area (Å²) in [6, 6.07) is 9.22. The first kappa shape index (κ1) is 17.0. The van der Waals surface area contributed by atoms with Crippen molar-refractivity contribution in [1.29, 1.82) is 5.26 Å². The van der Waals surface area contributed by atoms with Crippen LogP contribution < -0.4 is 0 Å². The second-order valence-electron chi connectivity index (χ2n) is 7.25. The van der Waals surface area contributed by atoms with E-state index in [1.165, 1.54) is 4.90 Å². The number of rotatable bonds is 2. The number of carbonyl (C=O) groups is 2. The molecule has 0 bridgehead atoms. The number of carbonyl (C=O) groups excluding carboxylic acids is 1. The number of hydrogen-bond donors (Lipinski definition) is 1. The van der Waals surface area contributed by atoms with Crippen LogP contribution in [-0.4, -0.2) is 35.0 Å². The van der Waals surface area contributed by atoms with Gasteiger partial charge in [0.25, 0.3) is 0 Å². The quantitative estimate of drug-likeness (QED) is 0.848. The highest BCUT2D eigenvalue weighted by Gasteiger charge is 2.47. The van der Waals surface area contributed by atoms with Crippen molar-refractivity contribution in [3.05, 3.63) is 35.4 Å². The molecule has 2 rings (SSSR count). The average Bonchev–Trinajstić information content (AvgIpc) is 2.53. The van der Waals surface area contributed by atoms with Crippen molar-refractivity contribution in [2.45, 2.75) is 45.1 Å². The van der Waals surface area contributed by atoms with Crippen LogP contribution in [-0.2, 0) is 5.41 Å². The Morgan fingerprint density at radius 3 is 2.43 bits per heavy atom. The third-order valence-corrected chi connectivity index (χ3v) is 4.76. The van der Waals surface area contributed by atoms with Crippen LogP contribution in [0.2, 0.25) is 0 Å². The summed E-state index contributed by atoms with van der Waals surface area (Å²) in [6.07, 6.45) is 0.754. The molecule has 1 amide bonds. The fourth-order valence-corrected chi connectivity index (χ4v) is 3.32. The number of carboxylic acid groups (broad SMARTS) is 1. The van der Waals surface area contributed by atoms with Gasteiger partial charge in [0.15, 0.2) is 0 Å². The van der Waals surface area contributed by atoms with E-state index < -0.39 is 11.5 Å². The van der Waals surface area contributed by atoms with Crippen LogP contribution in [0.5, 0.6) is 0 Å². The monoisotopic (exact) mass is 314 g/mol. The zero-order valence-corrected chi connectivity index (χ0v) is 13.7. The molecule has 1 fully saturated rings. The molecule has 1 aliphatic heterocycles. The predicted molar refractivity (Wildman–Crippen MR) is 86.3 cm³/mol. The zero-order valence-electron chi connectivity index (χ0n) is 13.7. The van der Waals surface area contributed by atoms with Gasteiger partial charge in [-0.25, -0.2) is 4.79 Å². The highest BCUT2D eigenvalue weighted by molar-refractivity contribution is 5.74. The molecule has 5 heteroatoms. The molecule has 0 aromatic heterocycles. The number of benzene rings is 1. The van der Waals surface area contributed by atoms with Gasteiger partial charge in [0, 0.05) is 18.2 Å². The van der Waals surface area contributed by atoms with Crippen LogP contribution in [0.4, 0.5) is 4.79 Å². The van der Waals surface area contributed by atoms with Gasteiger partial charge in [-0.05, 0) is 23.8 Å². The Morgan fingerprint density at radius 2 is 2.00 bits per heavy atom. The summed E-state index contributed by atoms with van der Waals surface area (Å²) in [5.41, 5.74) is 0.441. The number of hydrogen-bond acceptors (Lipinski definition) is 3. The summed E-state index contributed by atoms with van der Waals surface area (Å²) >= 11 is 0. The number of nitriles is 1. The first-order valence-electron chi connectivity index (χ1n) is 7.70. The molecular weight excluding hydrogens is 292 g/mol. The van der Waals surface area contributed by atoms with E-state index in [1.54, 1.807) is 12.1 Å². The van der Waals surface area contributed by atoms with Gasteiger partial charge in [0.1, 0.15) is 6.29 Å². The molecule has 1 aromatic carbocycles. The lowest BCUT2D eigenvalue weighted by Crippen LogP contribution is -2.55. The van der Waals surface area contributed by atoms with Crippen molar-refractivity contribution in [3.63, 3.8) is 0 Å². The second kappa shape index (κ2) is 6.04. The fraction of sp³-hybridized carbons (Fsp3) is 0.500. The van der Waals surface area contributed by atoms with Gasteiger partial charge in [-0.2, -0.15) is 5.26 Å². The molecular formula is C18H22N2O3. The lowest BCUT2D eigenvalue weighted by atomic mass is 9.66. The average molecular weight is 314 g/mol. The van der Waals surface area contributed by atoms with E-state index >= 15 is 0 Å². The van der Waals surface area contributed by atoms with E-state index in [9.17, 15) is 20.0 Å². The molecule has 5 nitrogen and oxygen atoms in total. The maximum absolute atomic E-state index is 11.5. The van der Waals surface area contributed by atoms with E-state index in [4.69, 9.17) is 0 Å². The highest BCUT2D eigenvalue weighted by atomic mass is 16.4. The molecule has 0 saturated carbocycles. The van der Waals surface area contributed by atoms with Crippen LogP contribution in [0.25, 0.3) is 0 Å². The van der Waals surface area contributed by atoms with Crippen molar-refractivity contribution in [2.75, 3.05) is 6.54 Å². The summed E-state index contributed by atoms with van der Waals surface area (Å²) in [7, 11) is 0. The molecule has 0 radical (unpaired) electrons. The highest BCUT2D eigenvalue weighted by Crippen LogP contribution is 2.43. The Kier molecular flexibility index (Phi) is 4.46. The van der Waals surface area contributed by atoms with E-state index in [1.807, 2.05) is 32.9 Å². The third kappa shape index (κ3) is 3.21. The summed E-state index contributed by atoms with van der Waals surface area (Å²) in [5, 5.41) is 19.3. The SMILES string of the molecule is CC(C)(C)C1CC(C#N)(c2ccc(C=O)cc2)CCN1C(=O)O. The summed E-state index contributed by atoms with van der Waals surface area (Å²) in [6.45, 7) is 6.32. The molecule has 1 aliphatic rings. The Hall–Kier alpha value is -2.35. The molecule has 122 valence electrons. The van der Waals surface area contributed by atoms with E-state index in [-0.39, 0.29) is 11.5 Å². The topological polar surface area (TPSA) is 81.4 Å². The number of amides is 1. The minimum atomic E-state index is -0.937. The van der Waals surface area contributed by atoms with E-state index in [0.717, 1.165) is 11.8 Å². The first-order valence-corrected chi connectivity index (χ1v) is 7.70. The Bertz CT molecular complexity index is 640. The van der Waals surface area contributed by atoms with Gasteiger partial charge >= 0.3 is 6.09 Å². The molecule has 1 N–H and O–H groups in total. The molecule has 2 atom stereocenters. The molecule has 1 aromatic rings. The number of likely N-dealkylation sites (tertiary alicyclic amines) is 1. The molecule has 23 heavy (non-hydrogen) atoms. The van der Waals surface area contributed by atoms with Crippen LogP contribution in [0.15, 0.2) is 24.3 Å². The molecule has 0 aliphatic carbocycles. The maximum Gasteiger partial charge on any atom is 0.407 e. The summed E-state index contributed by atoms with van der Waals surface area (Å²) in [5.74, 6) is 0.